The van der Waals surface area contributed by atoms with Crippen LogP contribution in [0.4, 0.5) is 4.39 Å². The second kappa shape index (κ2) is 6.08. The van der Waals surface area contributed by atoms with Gasteiger partial charge < -0.3 is 4.90 Å². The summed E-state index contributed by atoms with van der Waals surface area (Å²) < 4.78 is 13.9. The highest BCUT2D eigenvalue weighted by molar-refractivity contribution is 5.94. The predicted octanol–water partition coefficient (Wildman–Crippen LogP) is 4.27. The van der Waals surface area contributed by atoms with Gasteiger partial charge in [0, 0.05) is 12.1 Å². The first-order valence-corrected chi connectivity index (χ1v) is 7.00. The Hall–Kier alpha value is -2.16. The molecule has 0 spiro atoms. The highest BCUT2D eigenvalue weighted by Gasteiger charge is 2.28. The van der Waals surface area contributed by atoms with E-state index in [1.165, 1.54) is 12.1 Å². The van der Waals surface area contributed by atoms with Crippen molar-refractivity contribution in [3.63, 3.8) is 0 Å². The third-order valence-corrected chi connectivity index (χ3v) is 3.34. The van der Waals surface area contributed by atoms with Crippen LogP contribution in [-0.4, -0.2) is 16.3 Å². The molecule has 0 saturated carbocycles. The number of hydrogen-bond donors (Lipinski definition) is 0. The number of carbonyl (C=O) groups excluding carboxylic acids is 1. The molecule has 0 aliphatic carbocycles. The Labute approximate surface area is 125 Å². The van der Waals surface area contributed by atoms with Gasteiger partial charge in [-0.15, -0.1) is 0 Å². The molecule has 110 valence electrons. The normalized spacial score (nSPS) is 11.2. The average Bonchev–Trinajstić information content (AvgIpc) is 2.44. The van der Waals surface area contributed by atoms with Crippen LogP contribution < -0.4 is 0 Å². The zero-order valence-electron chi connectivity index (χ0n) is 12.6. The average molecular weight is 285 g/mol. The lowest BCUT2D eigenvalue weighted by atomic mass is 10.0. The maximum absolute atomic E-state index is 13.9. The van der Waals surface area contributed by atoms with Crippen molar-refractivity contribution in [2.45, 2.75) is 32.9 Å². The molecular weight excluding hydrogens is 265 g/mol. The molecular formula is C18H20FNO. The van der Waals surface area contributed by atoms with E-state index in [2.05, 4.69) is 0 Å². The monoisotopic (exact) mass is 285 g/mol. The van der Waals surface area contributed by atoms with Crippen molar-refractivity contribution in [1.29, 1.82) is 0 Å². The van der Waals surface area contributed by atoms with Gasteiger partial charge in [-0.2, -0.15) is 0 Å². The van der Waals surface area contributed by atoms with E-state index in [9.17, 15) is 9.18 Å². The van der Waals surface area contributed by atoms with Crippen LogP contribution in [0, 0.1) is 5.82 Å². The second-order valence-electron chi connectivity index (χ2n) is 6.03. The van der Waals surface area contributed by atoms with Crippen molar-refractivity contribution in [2.75, 3.05) is 0 Å². The topological polar surface area (TPSA) is 20.3 Å². The lowest BCUT2D eigenvalue weighted by molar-refractivity contribution is 0.0554. The van der Waals surface area contributed by atoms with E-state index >= 15 is 0 Å². The summed E-state index contributed by atoms with van der Waals surface area (Å²) in [6, 6.07) is 15.8. The lowest BCUT2D eigenvalue weighted by Gasteiger charge is -2.36. The summed E-state index contributed by atoms with van der Waals surface area (Å²) in [5.74, 6) is -0.769. The van der Waals surface area contributed by atoms with Crippen molar-refractivity contribution in [2.24, 2.45) is 0 Å². The Bertz CT molecular complexity index is 617. The van der Waals surface area contributed by atoms with Crippen molar-refractivity contribution in [1.82, 2.24) is 4.90 Å². The number of halogens is 1. The Morgan fingerprint density at radius 2 is 1.57 bits per heavy atom. The van der Waals surface area contributed by atoms with Crippen molar-refractivity contribution < 1.29 is 9.18 Å². The molecule has 2 aromatic rings. The number of carbonyl (C=O) groups is 1. The van der Waals surface area contributed by atoms with Gasteiger partial charge in [-0.3, -0.25) is 4.79 Å². The van der Waals surface area contributed by atoms with E-state index < -0.39 is 11.4 Å². The molecule has 0 heterocycles. The molecule has 0 N–H and O–H groups in total. The fourth-order valence-electron chi connectivity index (χ4n) is 2.16. The maximum Gasteiger partial charge on any atom is 0.257 e. The second-order valence-corrected chi connectivity index (χ2v) is 6.03. The minimum absolute atomic E-state index is 0.114. The van der Waals surface area contributed by atoms with Gasteiger partial charge in [0.25, 0.3) is 5.91 Å². The summed E-state index contributed by atoms with van der Waals surface area (Å²) in [4.78, 5) is 14.4. The van der Waals surface area contributed by atoms with Crippen LogP contribution in [0.5, 0.6) is 0 Å². The first-order valence-electron chi connectivity index (χ1n) is 7.00. The van der Waals surface area contributed by atoms with E-state index in [0.717, 1.165) is 5.56 Å². The smallest absolute Gasteiger partial charge is 0.257 e. The minimum atomic E-state index is -0.482. The third-order valence-electron chi connectivity index (χ3n) is 3.34. The molecule has 21 heavy (non-hydrogen) atoms. The maximum atomic E-state index is 13.9. The molecule has 0 aromatic heterocycles. The molecule has 0 unspecified atom stereocenters. The summed E-state index contributed by atoms with van der Waals surface area (Å²) in [6.45, 7) is 6.32. The van der Waals surface area contributed by atoms with Gasteiger partial charge in [-0.1, -0.05) is 42.5 Å². The Morgan fingerprint density at radius 3 is 2.14 bits per heavy atom. The van der Waals surface area contributed by atoms with Crippen molar-refractivity contribution in [3.8, 4) is 0 Å². The summed E-state index contributed by atoms with van der Waals surface area (Å²) in [6.07, 6.45) is 0. The molecule has 0 bridgehead atoms. The van der Waals surface area contributed by atoms with Crippen LogP contribution in [0.2, 0.25) is 0 Å². The van der Waals surface area contributed by atoms with Crippen LogP contribution in [0.25, 0.3) is 0 Å². The number of rotatable bonds is 3. The highest BCUT2D eigenvalue weighted by atomic mass is 19.1. The zero-order chi connectivity index (χ0) is 15.5. The number of hydrogen-bond acceptors (Lipinski definition) is 1. The number of benzene rings is 2. The van der Waals surface area contributed by atoms with Crippen molar-refractivity contribution >= 4 is 5.91 Å². The van der Waals surface area contributed by atoms with Crippen LogP contribution >= 0.6 is 0 Å². The molecule has 0 aliphatic heterocycles. The van der Waals surface area contributed by atoms with E-state index in [-0.39, 0.29) is 11.5 Å². The van der Waals surface area contributed by atoms with Crippen LogP contribution in [-0.2, 0) is 6.54 Å². The standard InChI is InChI=1S/C18H20FNO/c1-18(2,3)20(13-14-9-5-4-6-10-14)17(21)15-11-7-8-12-16(15)19/h4-12H,13H2,1-3H3. The highest BCUT2D eigenvalue weighted by Crippen LogP contribution is 2.21. The SMILES string of the molecule is CC(C)(C)N(Cc1ccccc1)C(=O)c1ccccc1F. The fourth-order valence-corrected chi connectivity index (χ4v) is 2.16. The number of amides is 1. The molecule has 1 amide bonds. The molecule has 2 nitrogen and oxygen atoms in total. The molecule has 0 saturated heterocycles. The molecule has 3 heteroatoms. The van der Waals surface area contributed by atoms with E-state index in [0.29, 0.717) is 6.54 Å². The molecule has 0 atom stereocenters. The van der Waals surface area contributed by atoms with Crippen LogP contribution in [0.1, 0.15) is 36.7 Å². The molecule has 0 aliphatic rings. The summed E-state index contributed by atoms with van der Waals surface area (Å²) in [7, 11) is 0. The predicted molar refractivity (Wildman–Crippen MR) is 82.5 cm³/mol. The first-order chi connectivity index (χ1) is 9.89. The molecule has 0 fully saturated rings. The summed E-state index contributed by atoms with van der Waals surface area (Å²) in [5.41, 5.74) is 0.746. The quantitative estimate of drug-likeness (QED) is 0.825. The summed E-state index contributed by atoms with van der Waals surface area (Å²) in [5, 5.41) is 0. The molecule has 2 aromatic carbocycles. The van der Waals surface area contributed by atoms with Gasteiger partial charge >= 0.3 is 0 Å². The fraction of sp³-hybridized carbons (Fsp3) is 0.278. The van der Waals surface area contributed by atoms with Crippen LogP contribution in [0.3, 0.4) is 0 Å². The van der Waals surface area contributed by atoms with E-state index in [1.807, 2.05) is 51.1 Å². The minimum Gasteiger partial charge on any atom is -0.329 e. The van der Waals surface area contributed by atoms with Gasteiger partial charge in [0.2, 0.25) is 0 Å². The molecule has 0 radical (unpaired) electrons. The van der Waals surface area contributed by atoms with Gasteiger partial charge in [0.05, 0.1) is 5.56 Å². The number of nitrogens with zero attached hydrogens (tertiary/aromatic N) is 1. The lowest BCUT2D eigenvalue weighted by Crippen LogP contribution is -2.45. The Morgan fingerprint density at radius 1 is 1.00 bits per heavy atom. The van der Waals surface area contributed by atoms with E-state index in [1.54, 1.807) is 17.0 Å². The van der Waals surface area contributed by atoms with Crippen molar-refractivity contribution in [3.05, 3.63) is 71.5 Å². The molecule has 2 rings (SSSR count). The summed E-state index contributed by atoms with van der Waals surface area (Å²) >= 11 is 0. The Kier molecular flexibility index (Phi) is 4.41. The van der Waals surface area contributed by atoms with Crippen LogP contribution in [0.15, 0.2) is 54.6 Å². The van der Waals surface area contributed by atoms with Gasteiger partial charge in [-0.05, 0) is 38.5 Å². The first kappa shape index (κ1) is 15.2. The largest absolute Gasteiger partial charge is 0.329 e. The van der Waals surface area contributed by atoms with Gasteiger partial charge in [0.1, 0.15) is 5.82 Å². The Balaban J connectivity index is 2.33. The zero-order valence-corrected chi connectivity index (χ0v) is 12.6. The van der Waals surface area contributed by atoms with Gasteiger partial charge in [-0.25, -0.2) is 4.39 Å². The third kappa shape index (κ3) is 3.69. The van der Waals surface area contributed by atoms with E-state index in [4.69, 9.17) is 0 Å². The van der Waals surface area contributed by atoms with Gasteiger partial charge in [0.15, 0.2) is 0 Å².